The molecule has 0 unspecified atom stereocenters. The van der Waals surface area contributed by atoms with Gasteiger partial charge in [-0.15, -0.1) is 0 Å². The number of carbonyl (C=O) groups excluding carboxylic acids is 3. The van der Waals surface area contributed by atoms with Gasteiger partial charge in [0.25, 0.3) is 11.8 Å². The quantitative estimate of drug-likeness (QED) is 0.364. The number of halogens is 1. The molecule has 3 amide bonds. The van der Waals surface area contributed by atoms with Gasteiger partial charge in [0.2, 0.25) is 5.91 Å². The molecule has 4 aromatic rings. The number of fused-ring (bicyclic) bond motifs is 1. The normalized spacial score (nSPS) is 14.8. The summed E-state index contributed by atoms with van der Waals surface area (Å²) in [6.45, 7) is 0.0629. The third-order valence-corrected chi connectivity index (χ3v) is 6.62. The summed E-state index contributed by atoms with van der Waals surface area (Å²) in [6, 6.07) is 12.7. The molecule has 0 spiro atoms. The second-order valence-electron chi connectivity index (χ2n) is 8.84. The van der Waals surface area contributed by atoms with Gasteiger partial charge in [0.1, 0.15) is 23.3 Å². The van der Waals surface area contributed by atoms with Crippen LogP contribution in [0.4, 0.5) is 11.5 Å². The van der Waals surface area contributed by atoms with Crippen molar-refractivity contribution in [2.45, 2.75) is 19.0 Å². The Hall–Kier alpha value is -4.77. The van der Waals surface area contributed by atoms with Crippen molar-refractivity contribution in [3.05, 3.63) is 94.7 Å². The number of pyridine rings is 2. The third kappa shape index (κ3) is 5.43. The minimum Gasteiger partial charge on any atom is -0.497 e. The SMILES string of the molecule is COc1ccnc(NC(=O)c2ccc(CN3C(=O)c4c(cnn4C)NC(=O)[C@H]3Cc3ccccn3)cc2Cl)c1. The summed E-state index contributed by atoms with van der Waals surface area (Å²) in [5, 5.41) is 9.83. The Morgan fingerprint density at radius 1 is 1.13 bits per heavy atom. The Bertz CT molecular complexity index is 1560. The fourth-order valence-corrected chi connectivity index (χ4v) is 4.64. The van der Waals surface area contributed by atoms with Crippen LogP contribution in [0.25, 0.3) is 0 Å². The van der Waals surface area contributed by atoms with E-state index in [0.29, 0.717) is 28.5 Å². The van der Waals surface area contributed by atoms with Gasteiger partial charge in [0, 0.05) is 44.2 Å². The van der Waals surface area contributed by atoms with Crippen molar-refractivity contribution >= 4 is 40.8 Å². The van der Waals surface area contributed by atoms with Gasteiger partial charge in [-0.2, -0.15) is 5.10 Å². The zero-order chi connectivity index (χ0) is 27.5. The maximum absolute atomic E-state index is 13.7. The monoisotopic (exact) mass is 545 g/mol. The number of nitrogens with one attached hydrogen (secondary N) is 2. The highest BCUT2D eigenvalue weighted by molar-refractivity contribution is 6.34. The third-order valence-electron chi connectivity index (χ3n) is 6.31. The van der Waals surface area contributed by atoms with Gasteiger partial charge >= 0.3 is 0 Å². The summed E-state index contributed by atoms with van der Waals surface area (Å²) in [7, 11) is 3.16. The van der Waals surface area contributed by atoms with Gasteiger partial charge in [-0.3, -0.25) is 24.0 Å². The smallest absolute Gasteiger partial charge is 0.275 e. The molecule has 39 heavy (non-hydrogen) atoms. The van der Waals surface area contributed by atoms with Crippen LogP contribution in [0.1, 0.15) is 32.1 Å². The molecular weight excluding hydrogens is 522 g/mol. The number of anilines is 2. The Labute approximate surface area is 228 Å². The topological polar surface area (TPSA) is 131 Å². The Morgan fingerprint density at radius 3 is 2.72 bits per heavy atom. The van der Waals surface area contributed by atoms with Gasteiger partial charge in [-0.1, -0.05) is 23.7 Å². The van der Waals surface area contributed by atoms with Gasteiger partial charge in [-0.25, -0.2) is 4.98 Å². The standard InChI is InChI=1S/C27H24ClN7O4/c1-34-24-21(14-31-34)32-26(37)22(12-17-5-3-4-9-29-17)35(27(24)38)15-16-6-7-19(20(28)11-16)25(36)33-23-13-18(39-2)8-10-30-23/h3-11,13-14,22H,12,15H2,1-2H3,(H,32,37)(H,30,33,36)/t22-/m1/s1. The molecule has 3 aromatic heterocycles. The fraction of sp³-hybridized carbons (Fsp3) is 0.185. The number of methoxy groups -OCH3 is 1. The van der Waals surface area contributed by atoms with Crippen molar-refractivity contribution < 1.29 is 19.1 Å². The van der Waals surface area contributed by atoms with E-state index in [0.717, 1.165) is 0 Å². The number of rotatable bonds is 7. The molecule has 1 aromatic carbocycles. The van der Waals surface area contributed by atoms with Crippen molar-refractivity contribution in [3.63, 3.8) is 0 Å². The number of nitrogens with zero attached hydrogens (tertiary/aromatic N) is 5. The first-order valence-electron chi connectivity index (χ1n) is 12.0. The van der Waals surface area contributed by atoms with Crippen LogP contribution in [-0.2, 0) is 24.8 Å². The maximum Gasteiger partial charge on any atom is 0.275 e. The van der Waals surface area contributed by atoms with E-state index < -0.39 is 11.9 Å². The largest absolute Gasteiger partial charge is 0.497 e. The summed E-state index contributed by atoms with van der Waals surface area (Å²) >= 11 is 6.51. The van der Waals surface area contributed by atoms with Crippen molar-refractivity contribution in [1.29, 1.82) is 0 Å². The highest BCUT2D eigenvalue weighted by Crippen LogP contribution is 2.27. The second-order valence-corrected chi connectivity index (χ2v) is 9.25. The van der Waals surface area contributed by atoms with Crippen molar-refractivity contribution in [3.8, 4) is 5.75 Å². The molecule has 12 heteroatoms. The lowest BCUT2D eigenvalue weighted by Gasteiger charge is -2.29. The van der Waals surface area contributed by atoms with Crippen molar-refractivity contribution in [2.75, 3.05) is 17.7 Å². The molecule has 4 heterocycles. The molecule has 1 aliphatic rings. The molecule has 0 saturated heterocycles. The molecule has 1 aliphatic heterocycles. The van der Waals surface area contributed by atoms with E-state index in [1.165, 1.54) is 29.1 Å². The molecule has 0 aliphatic carbocycles. The van der Waals surface area contributed by atoms with Gasteiger partial charge in [-0.05, 0) is 35.9 Å². The number of hydrogen-bond acceptors (Lipinski definition) is 7. The number of carbonyl (C=O) groups is 3. The number of aryl methyl sites for hydroxylation is 1. The number of hydrogen-bond donors (Lipinski definition) is 2. The van der Waals surface area contributed by atoms with E-state index >= 15 is 0 Å². The molecule has 0 bridgehead atoms. The lowest BCUT2D eigenvalue weighted by atomic mass is 10.1. The van der Waals surface area contributed by atoms with E-state index in [9.17, 15) is 14.4 Å². The van der Waals surface area contributed by atoms with Crippen LogP contribution in [0, 0.1) is 0 Å². The number of ether oxygens (including phenoxy) is 1. The summed E-state index contributed by atoms with van der Waals surface area (Å²) in [5.41, 5.74) is 2.13. The molecule has 198 valence electrons. The maximum atomic E-state index is 13.7. The first-order chi connectivity index (χ1) is 18.8. The molecule has 11 nitrogen and oxygen atoms in total. The van der Waals surface area contributed by atoms with Crippen LogP contribution in [0.5, 0.6) is 5.75 Å². The average molecular weight is 546 g/mol. The molecule has 5 rings (SSSR count). The second kappa shape index (κ2) is 10.9. The van der Waals surface area contributed by atoms with Crippen LogP contribution in [0.3, 0.4) is 0 Å². The lowest BCUT2D eigenvalue weighted by Crippen LogP contribution is -2.46. The lowest BCUT2D eigenvalue weighted by molar-refractivity contribution is -0.120. The molecule has 0 saturated carbocycles. The molecule has 0 fully saturated rings. The van der Waals surface area contributed by atoms with E-state index in [-0.39, 0.29) is 41.1 Å². The first-order valence-corrected chi connectivity index (χ1v) is 12.4. The van der Waals surface area contributed by atoms with Crippen LogP contribution in [0.2, 0.25) is 5.02 Å². The highest BCUT2D eigenvalue weighted by Gasteiger charge is 2.37. The minimum absolute atomic E-state index is 0.0629. The fourth-order valence-electron chi connectivity index (χ4n) is 4.35. The number of aromatic nitrogens is 4. The van der Waals surface area contributed by atoms with E-state index in [4.69, 9.17) is 16.3 Å². The van der Waals surface area contributed by atoms with Crippen molar-refractivity contribution in [2.24, 2.45) is 7.05 Å². The van der Waals surface area contributed by atoms with E-state index in [1.54, 1.807) is 55.7 Å². The molecule has 1 atom stereocenters. The predicted octanol–water partition coefficient (Wildman–Crippen LogP) is 3.33. The summed E-state index contributed by atoms with van der Waals surface area (Å²) in [4.78, 5) is 49.8. The zero-order valence-electron chi connectivity index (χ0n) is 21.1. The number of benzene rings is 1. The predicted molar refractivity (Wildman–Crippen MR) is 144 cm³/mol. The Morgan fingerprint density at radius 2 is 1.97 bits per heavy atom. The Kier molecular flexibility index (Phi) is 7.24. The van der Waals surface area contributed by atoms with Gasteiger partial charge in [0.05, 0.1) is 29.6 Å². The highest BCUT2D eigenvalue weighted by atomic mass is 35.5. The van der Waals surface area contributed by atoms with Gasteiger partial charge in [0.15, 0.2) is 0 Å². The summed E-state index contributed by atoms with van der Waals surface area (Å²) < 4.78 is 6.59. The Balaban J connectivity index is 1.42. The summed E-state index contributed by atoms with van der Waals surface area (Å²) in [6.07, 6.45) is 4.82. The van der Waals surface area contributed by atoms with E-state index in [2.05, 4.69) is 25.7 Å². The van der Waals surface area contributed by atoms with Crippen LogP contribution in [-0.4, -0.2) is 55.5 Å². The number of amides is 3. The average Bonchev–Trinajstić information content (AvgIpc) is 3.26. The van der Waals surface area contributed by atoms with Crippen LogP contribution in [0.15, 0.2) is 67.1 Å². The molecule has 0 radical (unpaired) electrons. The van der Waals surface area contributed by atoms with Crippen molar-refractivity contribution in [1.82, 2.24) is 24.6 Å². The molecule has 2 N–H and O–H groups in total. The molecular formula is C27H24ClN7O4. The first kappa shape index (κ1) is 25.9. The van der Waals surface area contributed by atoms with Crippen LogP contribution >= 0.6 is 11.6 Å². The summed E-state index contributed by atoms with van der Waals surface area (Å²) in [5.74, 6) is -0.320. The zero-order valence-corrected chi connectivity index (χ0v) is 21.8. The van der Waals surface area contributed by atoms with Gasteiger partial charge < -0.3 is 20.3 Å². The minimum atomic E-state index is -0.847. The van der Waals surface area contributed by atoms with Crippen LogP contribution < -0.4 is 15.4 Å². The van der Waals surface area contributed by atoms with E-state index in [1.807, 2.05) is 6.07 Å².